The highest BCUT2D eigenvalue weighted by atomic mass is 16.3. The Hall–Kier alpha value is -0.0800. The minimum atomic E-state index is 0.00926. The van der Waals surface area contributed by atoms with Crippen LogP contribution in [0.5, 0.6) is 0 Å². The fourth-order valence-corrected chi connectivity index (χ4v) is 1.91. The van der Waals surface area contributed by atoms with Gasteiger partial charge in [0.1, 0.15) is 0 Å². The van der Waals surface area contributed by atoms with Gasteiger partial charge in [-0.1, -0.05) is 0 Å². The van der Waals surface area contributed by atoms with Gasteiger partial charge in [0.2, 0.25) is 0 Å². The number of rotatable bonds is 1. The van der Waals surface area contributed by atoms with Crippen molar-refractivity contribution in [2.45, 2.75) is 37.8 Å². The van der Waals surface area contributed by atoms with Gasteiger partial charge in [-0.05, 0) is 31.6 Å². The maximum Gasteiger partial charge on any atom is 0.0540 e. The molecule has 1 saturated carbocycles. The van der Waals surface area contributed by atoms with Crippen LogP contribution in [0.1, 0.15) is 25.7 Å². The first kappa shape index (κ1) is 6.62. The van der Waals surface area contributed by atoms with Gasteiger partial charge in [0.25, 0.3) is 0 Å². The van der Waals surface area contributed by atoms with Crippen molar-refractivity contribution in [1.29, 1.82) is 0 Å². The summed E-state index contributed by atoms with van der Waals surface area (Å²) in [6.07, 6.45) is 4.54. The van der Waals surface area contributed by atoms with Gasteiger partial charge in [-0.2, -0.15) is 0 Å². The van der Waals surface area contributed by atoms with Crippen molar-refractivity contribution < 1.29 is 5.11 Å². The number of aliphatic hydroxyl groups is 1. The number of aliphatic hydroxyl groups excluding tert-OH is 1. The fourth-order valence-electron chi connectivity index (χ4n) is 1.91. The Morgan fingerprint density at radius 2 is 1.70 bits per heavy atom. The summed E-state index contributed by atoms with van der Waals surface area (Å²) < 4.78 is 0. The molecule has 0 radical (unpaired) electrons. The number of nitrogens with one attached hydrogen (secondary N) is 1. The molecule has 0 bridgehead atoms. The van der Waals surface area contributed by atoms with Gasteiger partial charge in [-0.15, -0.1) is 0 Å². The van der Waals surface area contributed by atoms with Gasteiger partial charge in [-0.25, -0.2) is 0 Å². The van der Waals surface area contributed by atoms with Crippen molar-refractivity contribution >= 4 is 0 Å². The van der Waals surface area contributed by atoms with Crippen molar-refractivity contribution in [3.05, 3.63) is 0 Å². The smallest absolute Gasteiger partial charge is 0.0540 e. The summed E-state index contributed by atoms with van der Waals surface area (Å²) >= 11 is 0. The Bertz CT molecular complexity index is 114. The van der Waals surface area contributed by atoms with E-state index in [0.29, 0.717) is 0 Å². The van der Waals surface area contributed by atoms with Crippen LogP contribution in [-0.2, 0) is 0 Å². The lowest BCUT2D eigenvalue weighted by Gasteiger charge is -2.24. The van der Waals surface area contributed by atoms with Crippen LogP contribution in [0.3, 0.4) is 0 Å². The molecule has 2 rings (SSSR count). The van der Waals surface area contributed by atoms with E-state index < -0.39 is 0 Å². The highest BCUT2D eigenvalue weighted by Gasteiger charge is 2.32. The predicted molar refractivity (Wildman–Crippen MR) is 39.8 cm³/mol. The molecule has 1 aliphatic heterocycles. The second kappa shape index (κ2) is 2.51. The van der Waals surface area contributed by atoms with Crippen LogP contribution in [0.25, 0.3) is 0 Å². The second-order valence-electron chi connectivity index (χ2n) is 3.58. The van der Waals surface area contributed by atoms with Crippen molar-refractivity contribution in [3.8, 4) is 0 Å². The Balaban J connectivity index is 1.79. The van der Waals surface area contributed by atoms with Crippen LogP contribution in [-0.4, -0.2) is 23.8 Å². The molecule has 1 saturated heterocycles. The number of hydrogen-bond acceptors (Lipinski definition) is 2. The maximum absolute atomic E-state index is 9.21. The SMILES string of the molecule is OC1CCC(C2CN2)CC1. The second-order valence-corrected chi connectivity index (χ2v) is 3.58. The molecule has 10 heavy (non-hydrogen) atoms. The van der Waals surface area contributed by atoms with Crippen molar-refractivity contribution in [2.24, 2.45) is 5.92 Å². The largest absolute Gasteiger partial charge is 0.393 e. The van der Waals surface area contributed by atoms with Crippen molar-refractivity contribution in [1.82, 2.24) is 5.32 Å². The predicted octanol–water partition coefficient (Wildman–Crippen LogP) is 0.509. The first-order valence-corrected chi connectivity index (χ1v) is 4.28. The van der Waals surface area contributed by atoms with Crippen molar-refractivity contribution in [3.63, 3.8) is 0 Å². The van der Waals surface area contributed by atoms with Gasteiger partial charge >= 0.3 is 0 Å². The fraction of sp³-hybridized carbons (Fsp3) is 1.00. The third-order valence-electron chi connectivity index (χ3n) is 2.75. The summed E-state index contributed by atoms with van der Waals surface area (Å²) in [6, 6.07) is 0.812. The van der Waals surface area contributed by atoms with Gasteiger partial charge in [0.15, 0.2) is 0 Å². The summed E-state index contributed by atoms with van der Waals surface area (Å²) in [4.78, 5) is 0. The van der Waals surface area contributed by atoms with Crippen LogP contribution in [0.4, 0.5) is 0 Å². The first-order valence-electron chi connectivity index (χ1n) is 4.28. The average molecular weight is 141 g/mol. The molecule has 0 aromatic heterocycles. The Labute approximate surface area is 61.6 Å². The van der Waals surface area contributed by atoms with Gasteiger partial charge in [0.05, 0.1) is 6.10 Å². The monoisotopic (exact) mass is 141 g/mol. The summed E-state index contributed by atoms with van der Waals surface area (Å²) in [5, 5.41) is 12.5. The van der Waals surface area contributed by atoms with E-state index in [0.717, 1.165) is 24.8 Å². The van der Waals surface area contributed by atoms with E-state index in [4.69, 9.17) is 0 Å². The van der Waals surface area contributed by atoms with E-state index in [-0.39, 0.29) is 6.10 Å². The normalized spacial score (nSPS) is 47.1. The van der Waals surface area contributed by atoms with Crippen LogP contribution in [0.2, 0.25) is 0 Å². The first-order chi connectivity index (χ1) is 4.86. The van der Waals surface area contributed by atoms with E-state index in [1.165, 1.54) is 19.4 Å². The van der Waals surface area contributed by atoms with Crippen LogP contribution in [0.15, 0.2) is 0 Å². The Morgan fingerprint density at radius 1 is 1.10 bits per heavy atom. The lowest BCUT2D eigenvalue weighted by Crippen LogP contribution is -2.22. The molecule has 1 aliphatic carbocycles. The van der Waals surface area contributed by atoms with E-state index in [1.807, 2.05) is 0 Å². The lowest BCUT2D eigenvalue weighted by atomic mass is 9.85. The molecule has 0 aromatic carbocycles. The number of hydrogen-bond donors (Lipinski definition) is 2. The standard InChI is InChI=1S/C8H15NO/c10-7-3-1-6(2-4-7)8-5-9-8/h6-10H,1-5H2. The quantitative estimate of drug-likeness (QED) is 0.522. The summed E-state index contributed by atoms with van der Waals surface area (Å²) in [7, 11) is 0. The molecule has 2 fully saturated rings. The van der Waals surface area contributed by atoms with Crippen LogP contribution >= 0.6 is 0 Å². The van der Waals surface area contributed by atoms with E-state index in [9.17, 15) is 5.11 Å². The highest BCUT2D eigenvalue weighted by molar-refractivity contribution is 4.92. The van der Waals surface area contributed by atoms with Crippen LogP contribution in [0, 0.1) is 5.92 Å². The van der Waals surface area contributed by atoms with Gasteiger partial charge in [0, 0.05) is 12.6 Å². The molecule has 1 heterocycles. The highest BCUT2D eigenvalue weighted by Crippen LogP contribution is 2.29. The minimum absolute atomic E-state index is 0.00926. The molecular formula is C8H15NO. The zero-order valence-electron chi connectivity index (χ0n) is 6.21. The van der Waals surface area contributed by atoms with Crippen LogP contribution < -0.4 is 5.32 Å². The molecule has 0 amide bonds. The molecule has 2 N–H and O–H groups in total. The molecule has 2 aliphatic rings. The molecule has 2 heteroatoms. The summed E-state index contributed by atoms with van der Waals surface area (Å²) in [6.45, 7) is 1.22. The van der Waals surface area contributed by atoms with E-state index in [1.54, 1.807) is 0 Å². The summed E-state index contributed by atoms with van der Waals surface area (Å²) in [5.41, 5.74) is 0. The van der Waals surface area contributed by atoms with Crippen molar-refractivity contribution in [2.75, 3.05) is 6.54 Å². The lowest BCUT2D eigenvalue weighted by molar-refractivity contribution is 0.108. The molecule has 0 aromatic rings. The Kier molecular flexibility index (Phi) is 1.66. The molecule has 1 unspecified atom stereocenters. The Morgan fingerprint density at radius 3 is 2.20 bits per heavy atom. The maximum atomic E-state index is 9.21. The molecule has 1 atom stereocenters. The third kappa shape index (κ3) is 1.32. The zero-order valence-corrected chi connectivity index (χ0v) is 6.21. The zero-order chi connectivity index (χ0) is 6.97. The van der Waals surface area contributed by atoms with E-state index in [2.05, 4.69) is 5.32 Å². The van der Waals surface area contributed by atoms with E-state index >= 15 is 0 Å². The molecular weight excluding hydrogens is 126 g/mol. The topological polar surface area (TPSA) is 42.2 Å². The minimum Gasteiger partial charge on any atom is -0.393 e. The molecule has 2 nitrogen and oxygen atoms in total. The van der Waals surface area contributed by atoms with Gasteiger partial charge in [-0.3, -0.25) is 0 Å². The third-order valence-corrected chi connectivity index (χ3v) is 2.75. The molecule has 58 valence electrons. The molecule has 0 spiro atoms. The van der Waals surface area contributed by atoms with Gasteiger partial charge < -0.3 is 10.4 Å². The summed E-state index contributed by atoms with van der Waals surface area (Å²) in [5.74, 6) is 0.878. The average Bonchev–Trinajstić information content (AvgIpc) is 2.71.